The number of benzene rings is 2. The molecule has 0 fully saturated rings. The molecule has 8 heteroatoms. The Morgan fingerprint density at radius 1 is 1.17 bits per heavy atom. The molecule has 1 aliphatic rings. The Bertz CT molecular complexity index is 1680. The number of carbonyl (C=O) groups excluding carboxylic acids is 1. The average Bonchev–Trinajstić information content (AvgIpc) is 3.47. The molecule has 2 aromatic heterocycles. The van der Waals surface area contributed by atoms with Gasteiger partial charge in [-0.2, -0.15) is 0 Å². The van der Waals surface area contributed by atoms with Crippen LogP contribution in [-0.4, -0.2) is 17.1 Å². The number of aromatic nitrogens is 1. The van der Waals surface area contributed by atoms with Crippen molar-refractivity contribution in [1.82, 2.24) is 4.57 Å². The Morgan fingerprint density at radius 3 is 2.67 bits per heavy atom. The lowest BCUT2D eigenvalue weighted by Crippen LogP contribution is -2.39. The molecule has 1 unspecified atom stereocenters. The molecule has 0 N–H and O–H groups in total. The summed E-state index contributed by atoms with van der Waals surface area (Å²) in [5.41, 5.74) is 2.10. The highest BCUT2D eigenvalue weighted by molar-refractivity contribution is 7.07. The van der Waals surface area contributed by atoms with Crippen LogP contribution in [0.5, 0.6) is 0 Å². The highest BCUT2D eigenvalue weighted by atomic mass is 35.5. The maximum atomic E-state index is 13.6. The van der Waals surface area contributed by atoms with Crippen LogP contribution in [0.15, 0.2) is 105 Å². The zero-order valence-electron chi connectivity index (χ0n) is 19.3. The lowest BCUT2D eigenvalue weighted by Gasteiger charge is -2.24. The van der Waals surface area contributed by atoms with Crippen molar-refractivity contribution in [2.75, 3.05) is 6.61 Å². The number of thiazole rings is 1. The van der Waals surface area contributed by atoms with Crippen LogP contribution >= 0.6 is 22.9 Å². The van der Waals surface area contributed by atoms with Gasteiger partial charge in [-0.3, -0.25) is 9.36 Å². The standard InChI is InChI=1S/C28H21ClN2O4S/c1-3-15-34-27(33)24-17(2)30-28-31(25(24)18-9-5-4-6-10-18)26(32)23(36-28)16-19-13-14-22(35-19)20-11-7-8-12-21(20)29/h3-14,16,25H,1,15H2,2H3/b23-16+. The number of ether oxygens (including phenoxy) is 1. The number of rotatable bonds is 6. The molecule has 36 heavy (non-hydrogen) atoms. The fraction of sp³-hybridized carbons (Fsp3) is 0.107. The van der Waals surface area contributed by atoms with E-state index in [9.17, 15) is 9.59 Å². The molecular formula is C28H21ClN2O4S. The smallest absolute Gasteiger partial charge is 0.338 e. The first-order valence-corrected chi connectivity index (χ1v) is 12.4. The van der Waals surface area contributed by atoms with Gasteiger partial charge < -0.3 is 9.15 Å². The summed E-state index contributed by atoms with van der Waals surface area (Å²) in [4.78, 5) is 31.7. The first kappa shape index (κ1) is 23.8. The Hall–Kier alpha value is -3.94. The molecule has 2 aromatic carbocycles. The molecule has 5 rings (SSSR count). The Kier molecular flexibility index (Phi) is 6.59. The van der Waals surface area contributed by atoms with E-state index in [0.717, 1.165) is 11.1 Å². The summed E-state index contributed by atoms with van der Waals surface area (Å²) in [5.74, 6) is 0.576. The monoisotopic (exact) mass is 516 g/mol. The van der Waals surface area contributed by atoms with Crippen LogP contribution in [0.25, 0.3) is 17.4 Å². The molecule has 0 spiro atoms. The van der Waals surface area contributed by atoms with Gasteiger partial charge in [0.1, 0.15) is 18.1 Å². The van der Waals surface area contributed by atoms with Crippen molar-refractivity contribution in [2.45, 2.75) is 13.0 Å². The van der Waals surface area contributed by atoms with E-state index in [1.807, 2.05) is 54.6 Å². The number of halogens is 1. The zero-order chi connectivity index (χ0) is 25.2. The first-order valence-electron chi connectivity index (χ1n) is 11.2. The van der Waals surface area contributed by atoms with Gasteiger partial charge in [0, 0.05) is 11.6 Å². The van der Waals surface area contributed by atoms with Crippen molar-refractivity contribution in [1.29, 1.82) is 0 Å². The van der Waals surface area contributed by atoms with Crippen LogP contribution in [0, 0.1) is 0 Å². The van der Waals surface area contributed by atoms with Gasteiger partial charge in [-0.25, -0.2) is 9.79 Å². The predicted molar refractivity (Wildman–Crippen MR) is 141 cm³/mol. The van der Waals surface area contributed by atoms with E-state index in [-0.39, 0.29) is 12.2 Å². The summed E-state index contributed by atoms with van der Waals surface area (Å²) in [6.45, 7) is 5.42. The largest absolute Gasteiger partial charge is 0.458 e. The van der Waals surface area contributed by atoms with Crippen LogP contribution in [-0.2, 0) is 9.53 Å². The van der Waals surface area contributed by atoms with Gasteiger partial charge in [0.25, 0.3) is 5.56 Å². The number of allylic oxidation sites excluding steroid dienone is 1. The van der Waals surface area contributed by atoms with Gasteiger partial charge >= 0.3 is 5.97 Å². The molecule has 4 aromatic rings. The Labute approximate surface area is 215 Å². The Morgan fingerprint density at radius 2 is 1.92 bits per heavy atom. The molecule has 0 bridgehead atoms. The molecule has 0 saturated heterocycles. The number of nitrogens with zero attached hydrogens (tertiary/aromatic N) is 2. The molecule has 1 aliphatic heterocycles. The highest BCUT2D eigenvalue weighted by Gasteiger charge is 2.33. The normalized spacial score (nSPS) is 15.4. The molecule has 0 saturated carbocycles. The molecule has 6 nitrogen and oxygen atoms in total. The maximum Gasteiger partial charge on any atom is 0.338 e. The fourth-order valence-electron chi connectivity index (χ4n) is 4.11. The second-order valence-corrected chi connectivity index (χ2v) is 9.48. The molecule has 0 radical (unpaired) electrons. The van der Waals surface area contributed by atoms with Crippen LogP contribution in [0.3, 0.4) is 0 Å². The number of hydrogen-bond acceptors (Lipinski definition) is 6. The second kappa shape index (κ2) is 9.97. The molecule has 0 aliphatic carbocycles. The minimum Gasteiger partial charge on any atom is -0.458 e. The van der Waals surface area contributed by atoms with E-state index in [4.69, 9.17) is 20.8 Å². The molecule has 180 valence electrons. The van der Waals surface area contributed by atoms with Crippen LogP contribution in [0.4, 0.5) is 0 Å². The lowest BCUT2D eigenvalue weighted by molar-refractivity contribution is -0.138. The van der Waals surface area contributed by atoms with Crippen molar-refractivity contribution in [3.05, 3.63) is 127 Å². The molecule has 0 amide bonds. The third kappa shape index (κ3) is 4.39. The summed E-state index contributed by atoms with van der Waals surface area (Å²) in [5, 5.41) is 0.576. The van der Waals surface area contributed by atoms with Crippen LogP contribution in [0.2, 0.25) is 5.02 Å². The van der Waals surface area contributed by atoms with E-state index < -0.39 is 12.0 Å². The highest BCUT2D eigenvalue weighted by Crippen LogP contribution is 2.31. The first-order chi connectivity index (χ1) is 17.5. The number of fused-ring (bicyclic) bond motifs is 1. The SMILES string of the molecule is C=CCOC(=O)C1=C(C)N=c2s/c(=C/c3ccc(-c4ccccc4Cl)o3)c(=O)n2C1c1ccccc1. The molecule has 3 heterocycles. The van der Waals surface area contributed by atoms with Gasteiger partial charge in [-0.05, 0) is 36.8 Å². The van der Waals surface area contributed by atoms with Crippen LogP contribution < -0.4 is 14.9 Å². The lowest BCUT2D eigenvalue weighted by atomic mass is 9.96. The second-order valence-electron chi connectivity index (χ2n) is 8.06. The molecule has 1 atom stereocenters. The summed E-state index contributed by atoms with van der Waals surface area (Å²) in [7, 11) is 0. The number of furan rings is 1. The van der Waals surface area contributed by atoms with Gasteiger partial charge in [0.2, 0.25) is 0 Å². The Balaban J connectivity index is 1.63. The van der Waals surface area contributed by atoms with Crippen molar-refractivity contribution >= 4 is 35.0 Å². The quantitative estimate of drug-likeness (QED) is 0.270. The van der Waals surface area contributed by atoms with Crippen LogP contribution in [0.1, 0.15) is 24.3 Å². The number of esters is 1. The number of hydrogen-bond donors (Lipinski definition) is 0. The van der Waals surface area contributed by atoms with Crippen molar-refractivity contribution in [3.63, 3.8) is 0 Å². The summed E-state index contributed by atoms with van der Waals surface area (Å²) in [6, 6.07) is 19.7. The predicted octanol–water partition coefficient (Wildman–Crippen LogP) is 4.88. The number of carbonyl (C=O) groups is 1. The van der Waals surface area contributed by atoms with Crippen molar-refractivity contribution in [2.24, 2.45) is 4.99 Å². The van der Waals surface area contributed by atoms with Crippen molar-refractivity contribution < 1.29 is 13.9 Å². The van der Waals surface area contributed by atoms with Gasteiger partial charge in [-0.1, -0.05) is 78.1 Å². The third-order valence-corrected chi connectivity index (χ3v) is 7.04. The molecular weight excluding hydrogens is 496 g/mol. The summed E-state index contributed by atoms with van der Waals surface area (Å²) in [6.07, 6.45) is 3.18. The fourth-order valence-corrected chi connectivity index (χ4v) is 5.37. The van der Waals surface area contributed by atoms with E-state index in [1.165, 1.54) is 17.4 Å². The van der Waals surface area contributed by atoms with E-state index >= 15 is 0 Å². The third-order valence-electron chi connectivity index (χ3n) is 5.73. The van der Waals surface area contributed by atoms with Gasteiger partial charge in [0.05, 0.1) is 26.9 Å². The van der Waals surface area contributed by atoms with Gasteiger partial charge in [-0.15, -0.1) is 0 Å². The zero-order valence-corrected chi connectivity index (χ0v) is 20.9. The van der Waals surface area contributed by atoms with Gasteiger partial charge in [0.15, 0.2) is 4.80 Å². The van der Waals surface area contributed by atoms with E-state index in [0.29, 0.717) is 37.1 Å². The summed E-state index contributed by atoms with van der Waals surface area (Å²) < 4.78 is 13.3. The van der Waals surface area contributed by atoms with E-state index in [1.54, 1.807) is 29.7 Å². The van der Waals surface area contributed by atoms with Crippen molar-refractivity contribution in [3.8, 4) is 11.3 Å². The average molecular weight is 517 g/mol. The minimum absolute atomic E-state index is 0.0633. The van der Waals surface area contributed by atoms with E-state index in [2.05, 4.69) is 11.6 Å². The summed E-state index contributed by atoms with van der Waals surface area (Å²) >= 11 is 7.54. The minimum atomic E-state index is -0.669. The maximum absolute atomic E-state index is 13.6. The topological polar surface area (TPSA) is 73.8 Å².